The molecule has 1 aliphatic rings. The lowest BCUT2D eigenvalue weighted by atomic mass is 10.1. The molecule has 0 amide bonds. The summed E-state index contributed by atoms with van der Waals surface area (Å²) in [5.74, 6) is 0.136. The molecule has 13 heavy (non-hydrogen) atoms. The Bertz CT molecular complexity index is 173. The number of hydrogen-bond acceptors (Lipinski definition) is 4. The van der Waals surface area contributed by atoms with Gasteiger partial charge in [0, 0.05) is 19.7 Å². The van der Waals surface area contributed by atoms with Crippen molar-refractivity contribution in [1.29, 1.82) is 0 Å². The van der Waals surface area contributed by atoms with E-state index in [2.05, 4.69) is 4.90 Å². The predicted octanol–water partition coefficient (Wildman–Crippen LogP) is -0.375. The Morgan fingerprint density at radius 2 is 2.46 bits per heavy atom. The fourth-order valence-corrected chi connectivity index (χ4v) is 1.69. The van der Waals surface area contributed by atoms with Crippen LogP contribution in [-0.4, -0.2) is 50.1 Å². The van der Waals surface area contributed by atoms with E-state index in [9.17, 15) is 4.79 Å². The normalized spacial score (nSPS) is 24.6. The minimum Gasteiger partial charge on any atom is -0.377 e. The van der Waals surface area contributed by atoms with E-state index in [0.29, 0.717) is 6.54 Å². The molecule has 0 aromatic heterocycles. The fourth-order valence-electron chi connectivity index (χ4n) is 1.69. The highest BCUT2D eigenvalue weighted by Gasteiger charge is 2.18. The molecule has 0 spiro atoms. The maximum absolute atomic E-state index is 11.2. The summed E-state index contributed by atoms with van der Waals surface area (Å²) in [4.78, 5) is 13.3. The molecule has 1 aliphatic heterocycles. The van der Waals surface area contributed by atoms with Crippen LogP contribution in [0, 0.1) is 0 Å². The van der Waals surface area contributed by atoms with Gasteiger partial charge in [-0.25, -0.2) is 0 Å². The van der Waals surface area contributed by atoms with E-state index in [1.807, 2.05) is 0 Å². The van der Waals surface area contributed by atoms with Gasteiger partial charge in [-0.1, -0.05) is 0 Å². The van der Waals surface area contributed by atoms with Gasteiger partial charge in [-0.3, -0.25) is 9.69 Å². The summed E-state index contributed by atoms with van der Waals surface area (Å²) in [7, 11) is 1.54. The highest BCUT2D eigenvalue weighted by molar-refractivity contribution is 5.81. The number of methoxy groups -OCH3 is 1. The van der Waals surface area contributed by atoms with Gasteiger partial charge in [-0.2, -0.15) is 0 Å². The average Bonchev–Trinajstić information content (AvgIpc) is 2.04. The minimum atomic E-state index is 0.136. The Balaban J connectivity index is 2.23. The van der Waals surface area contributed by atoms with Crippen LogP contribution < -0.4 is 5.73 Å². The number of ketones is 1. The number of carbonyl (C=O) groups excluding carboxylic acids is 1. The fraction of sp³-hybridized carbons (Fsp3) is 0.889. The van der Waals surface area contributed by atoms with E-state index >= 15 is 0 Å². The van der Waals surface area contributed by atoms with Gasteiger partial charge in [0.1, 0.15) is 6.61 Å². The Morgan fingerprint density at radius 1 is 1.69 bits per heavy atom. The number of hydrogen-bond donors (Lipinski definition) is 1. The zero-order valence-electron chi connectivity index (χ0n) is 8.16. The van der Waals surface area contributed by atoms with E-state index in [4.69, 9.17) is 10.5 Å². The second-order valence-electron chi connectivity index (χ2n) is 3.61. The number of nitrogens with zero attached hydrogens (tertiary/aromatic N) is 1. The van der Waals surface area contributed by atoms with Crippen LogP contribution >= 0.6 is 0 Å². The van der Waals surface area contributed by atoms with Crippen LogP contribution in [0.25, 0.3) is 0 Å². The molecule has 4 nitrogen and oxygen atoms in total. The highest BCUT2D eigenvalue weighted by atomic mass is 16.5. The monoisotopic (exact) mass is 186 g/mol. The van der Waals surface area contributed by atoms with Gasteiger partial charge in [0.15, 0.2) is 5.78 Å². The summed E-state index contributed by atoms with van der Waals surface area (Å²) in [6.07, 6.45) is 2.18. The maximum Gasteiger partial charge on any atom is 0.172 e. The third kappa shape index (κ3) is 3.85. The molecule has 1 heterocycles. The van der Waals surface area contributed by atoms with Crippen molar-refractivity contribution in [3.05, 3.63) is 0 Å². The van der Waals surface area contributed by atoms with Crippen LogP contribution in [0.2, 0.25) is 0 Å². The molecule has 0 radical (unpaired) electrons. The van der Waals surface area contributed by atoms with Gasteiger partial charge in [-0.05, 0) is 19.4 Å². The first-order valence-electron chi connectivity index (χ1n) is 4.71. The summed E-state index contributed by atoms with van der Waals surface area (Å²) in [6.45, 7) is 2.53. The Hall–Kier alpha value is -0.450. The lowest BCUT2D eigenvalue weighted by Crippen LogP contribution is -2.45. The highest BCUT2D eigenvalue weighted by Crippen LogP contribution is 2.07. The molecule has 0 aromatic rings. The van der Waals surface area contributed by atoms with E-state index in [-0.39, 0.29) is 18.4 Å². The zero-order valence-corrected chi connectivity index (χ0v) is 8.16. The first-order chi connectivity index (χ1) is 6.22. The van der Waals surface area contributed by atoms with Crippen molar-refractivity contribution in [3.63, 3.8) is 0 Å². The van der Waals surface area contributed by atoms with Crippen molar-refractivity contribution in [2.45, 2.75) is 18.9 Å². The lowest BCUT2D eigenvalue weighted by Gasteiger charge is -2.29. The molecule has 1 saturated heterocycles. The van der Waals surface area contributed by atoms with E-state index in [1.54, 1.807) is 7.11 Å². The Labute approximate surface area is 79.0 Å². The molecule has 1 unspecified atom stereocenters. The topological polar surface area (TPSA) is 55.6 Å². The molecule has 1 atom stereocenters. The van der Waals surface area contributed by atoms with Gasteiger partial charge in [-0.15, -0.1) is 0 Å². The molecule has 76 valence electrons. The van der Waals surface area contributed by atoms with E-state index < -0.39 is 0 Å². The van der Waals surface area contributed by atoms with Gasteiger partial charge >= 0.3 is 0 Å². The smallest absolute Gasteiger partial charge is 0.172 e. The van der Waals surface area contributed by atoms with Gasteiger partial charge in [0.05, 0.1) is 6.54 Å². The van der Waals surface area contributed by atoms with Crippen molar-refractivity contribution >= 4 is 5.78 Å². The predicted molar refractivity (Wildman–Crippen MR) is 50.5 cm³/mol. The average molecular weight is 186 g/mol. The third-order valence-corrected chi connectivity index (χ3v) is 2.25. The van der Waals surface area contributed by atoms with Crippen LogP contribution in [-0.2, 0) is 9.53 Å². The minimum absolute atomic E-state index is 0.136. The molecule has 4 heteroatoms. The molecular weight excluding hydrogens is 168 g/mol. The van der Waals surface area contributed by atoms with Gasteiger partial charge in [0.2, 0.25) is 0 Å². The van der Waals surface area contributed by atoms with Crippen LogP contribution in [0.1, 0.15) is 12.8 Å². The summed E-state index contributed by atoms with van der Waals surface area (Å²) in [6, 6.07) is 0.240. The van der Waals surface area contributed by atoms with Crippen molar-refractivity contribution in [2.75, 3.05) is 33.4 Å². The summed E-state index contributed by atoms with van der Waals surface area (Å²) < 4.78 is 4.76. The number of ether oxygens (including phenoxy) is 1. The molecule has 0 bridgehead atoms. The maximum atomic E-state index is 11.2. The number of piperidine rings is 1. The first kappa shape index (κ1) is 10.6. The van der Waals surface area contributed by atoms with Crippen molar-refractivity contribution < 1.29 is 9.53 Å². The quantitative estimate of drug-likeness (QED) is 0.650. The second kappa shape index (κ2) is 5.32. The Kier molecular flexibility index (Phi) is 4.35. The van der Waals surface area contributed by atoms with E-state index in [1.165, 1.54) is 0 Å². The number of likely N-dealkylation sites (tertiary alicyclic amines) is 1. The SMILES string of the molecule is COCC(=O)CN1CCCC(N)C1. The summed E-state index contributed by atoms with van der Waals surface area (Å²) in [5, 5.41) is 0. The van der Waals surface area contributed by atoms with Crippen LogP contribution in [0.3, 0.4) is 0 Å². The third-order valence-electron chi connectivity index (χ3n) is 2.25. The molecule has 0 saturated carbocycles. The Morgan fingerprint density at radius 3 is 3.08 bits per heavy atom. The van der Waals surface area contributed by atoms with Crippen LogP contribution in [0.4, 0.5) is 0 Å². The molecule has 1 rings (SSSR count). The standard InChI is InChI=1S/C9H18N2O2/c1-13-7-9(12)6-11-4-2-3-8(10)5-11/h8H,2-7,10H2,1H3. The van der Waals surface area contributed by atoms with Crippen LogP contribution in [0.15, 0.2) is 0 Å². The molecule has 0 aliphatic carbocycles. The molecular formula is C9H18N2O2. The molecule has 2 N–H and O–H groups in total. The number of nitrogens with two attached hydrogens (primary N) is 1. The van der Waals surface area contributed by atoms with Gasteiger partial charge in [0.25, 0.3) is 0 Å². The number of rotatable bonds is 4. The number of Topliss-reactive ketones (excluding diaryl/α,β-unsaturated/α-hetero) is 1. The summed E-state index contributed by atoms with van der Waals surface area (Å²) in [5.41, 5.74) is 5.79. The van der Waals surface area contributed by atoms with Gasteiger partial charge < -0.3 is 10.5 Å². The summed E-state index contributed by atoms with van der Waals surface area (Å²) >= 11 is 0. The van der Waals surface area contributed by atoms with Crippen LogP contribution in [0.5, 0.6) is 0 Å². The first-order valence-corrected chi connectivity index (χ1v) is 4.71. The molecule has 0 aromatic carbocycles. The largest absolute Gasteiger partial charge is 0.377 e. The second-order valence-corrected chi connectivity index (χ2v) is 3.61. The lowest BCUT2D eigenvalue weighted by molar-refractivity contribution is -0.124. The zero-order chi connectivity index (χ0) is 9.68. The number of carbonyl (C=O) groups is 1. The van der Waals surface area contributed by atoms with Crippen molar-refractivity contribution in [2.24, 2.45) is 5.73 Å². The molecule has 1 fully saturated rings. The van der Waals surface area contributed by atoms with Crippen molar-refractivity contribution in [1.82, 2.24) is 4.90 Å². The van der Waals surface area contributed by atoms with Crippen molar-refractivity contribution in [3.8, 4) is 0 Å². The van der Waals surface area contributed by atoms with E-state index in [0.717, 1.165) is 25.9 Å².